The highest BCUT2D eigenvalue weighted by Crippen LogP contribution is 2.34. The minimum Gasteiger partial charge on any atom is -0.493 e. The lowest BCUT2D eigenvalue weighted by atomic mass is 9.95. The van der Waals surface area contributed by atoms with Gasteiger partial charge in [-0.25, -0.2) is 15.0 Å². The molecule has 14 nitrogen and oxygen atoms in total. The van der Waals surface area contributed by atoms with Crippen molar-refractivity contribution in [1.29, 1.82) is 0 Å². The van der Waals surface area contributed by atoms with Crippen LogP contribution in [0.3, 0.4) is 0 Å². The summed E-state index contributed by atoms with van der Waals surface area (Å²) in [6, 6.07) is 17.8. The van der Waals surface area contributed by atoms with Crippen LogP contribution in [0.2, 0.25) is 0 Å². The molecule has 0 spiro atoms. The van der Waals surface area contributed by atoms with E-state index < -0.39 is 28.9 Å². The molecular formula is C34H34N6O8. The average molecular weight is 655 g/mol. The number of benzene rings is 3. The number of allylic oxidation sites excluding steroid dienone is 1. The van der Waals surface area contributed by atoms with E-state index in [1.807, 2.05) is 31.2 Å². The molecule has 0 aliphatic carbocycles. The maximum absolute atomic E-state index is 12.7. The Bertz CT molecular complexity index is 1950. The van der Waals surface area contributed by atoms with Gasteiger partial charge in [-0.2, -0.15) is 5.10 Å². The number of carbonyl (C=O) groups excluding carboxylic acids is 3. The number of esters is 1. The Morgan fingerprint density at radius 2 is 1.83 bits per heavy atom. The summed E-state index contributed by atoms with van der Waals surface area (Å²) in [6.07, 6.45) is 1.57. The molecule has 0 unspecified atom stereocenters. The van der Waals surface area contributed by atoms with Crippen molar-refractivity contribution in [1.82, 2.24) is 20.6 Å². The minimum absolute atomic E-state index is 0.0279. The minimum atomic E-state index is -0.790. The van der Waals surface area contributed by atoms with Gasteiger partial charge in [-0.05, 0) is 50.1 Å². The maximum atomic E-state index is 12.7. The monoisotopic (exact) mass is 654 g/mol. The van der Waals surface area contributed by atoms with E-state index in [-0.39, 0.29) is 36.0 Å². The van der Waals surface area contributed by atoms with Gasteiger partial charge < -0.3 is 29.4 Å². The number of carbonyl (C=O) groups is 3. The summed E-state index contributed by atoms with van der Waals surface area (Å²) in [7, 11) is 1.44. The number of non-ortho nitro benzene ring substituents is 1. The van der Waals surface area contributed by atoms with Crippen molar-refractivity contribution in [2.24, 2.45) is 5.10 Å². The highest BCUT2D eigenvalue weighted by molar-refractivity contribution is 6.01. The van der Waals surface area contributed by atoms with Gasteiger partial charge in [0, 0.05) is 46.5 Å². The second-order valence-electron chi connectivity index (χ2n) is 10.8. The molecule has 14 heteroatoms. The molecule has 1 aromatic heterocycles. The molecular weight excluding hydrogens is 620 g/mol. The van der Waals surface area contributed by atoms with Gasteiger partial charge in [0.25, 0.3) is 11.6 Å². The summed E-state index contributed by atoms with van der Waals surface area (Å²) in [5.41, 5.74) is 7.25. The number of rotatable bonds is 12. The summed E-state index contributed by atoms with van der Waals surface area (Å²) in [5, 5.41) is 21.5. The third kappa shape index (κ3) is 7.12. The van der Waals surface area contributed by atoms with Gasteiger partial charge in [-0.15, -0.1) is 0 Å². The van der Waals surface area contributed by atoms with Crippen LogP contribution in [0.15, 0.2) is 83.1 Å². The molecule has 3 N–H and O–H groups in total. The molecule has 5 rings (SSSR count). The number of nitro benzene ring substituents is 1. The van der Waals surface area contributed by atoms with E-state index in [0.717, 1.165) is 27.7 Å². The van der Waals surface area contributed by atoms with Gasteiger partial charge in [0.2, 0.25) is 0 Å². The Morgan fingerprint density at radius 3 is 2.54 bits per heavy atom. The van der Waals surface area contributed by atoms with Crippen LogP contribution in [0.4, 0.5) is 10.5 Å². The number of hydrogen-bond donors (Lipinski definition) is 3. The van der Waals surface area contributed by atoms with Crippen molar-refractivity contribution in [2.45, 2.75) is 33.4 Å². The molecule has 1 atom stereocenters. The van der Waals surface area contributed by atoms with E-state index in [4.69, 9.17) is 14.2 Å². The lowest BCUT2D eigenvalue weighted by molar-refractivity contribution is -0.384. The summed E-state index contributed by atoms with van der Waals surface area (Å²) in [6.45, 7) is 5.55. The van der Waals surface area contributed by atoms with Gasteiger partial charge in [-0.3, -0.25) is 14.9 Å². The average Bonchev–Trinajstić information content (AvgIpc) is 3.33. The number of nitro groups is 1. The van der Waals surface area contributed by atoms with Gasteiger partial charge in [0.1, 0.15) is 0 Å². The Balaban J connectivity index is 1.26. The smallest absolute Gasteiger partial charge is 0.338 e. The van der Waals surface area contributed by atoms with E-state index in [1.165, 1.54) is 19.2 Å². The predicted octanol–water partition coefficient (Wildman–Crippen LogP) is 4.63. The van der Waals surface area contributed by atoms with Crippen LogP contribution in [-0.2, 0) is 20.9 Å². The second-order valence-corrected chi connectivity index (χ2v) is 10.8. The normalized spacial score (nSPS) is 14.4. The number of ether oxygens (including phenoxy) is 3. The van der Waals surface area contributed by atoms with Crippen LogP contribution >= 0.6 is 0 Å². The molecule has 0 saturated heterocycles. The molecule has 4 aromatic rings. The van der Waals surface area contributed by atoms with E-state index in [0.29, 0.717) is 17.8 Å². The van der Waals surface area contributed by atoms with E-state index >= 15 is 0 Å². The number of urea groups is 1. The predicted molar refractivity (Wildman–Crippen MR) is 177 cm³/mol. The van der Waals surface area contributed by atoms with E-state index in [9.17, 15) is 24.5 Å². The van der Waals surface area contributed by atoms with Crippen LogP contribution in [0.5, 0.6) is 11.5 Å². The van der Waals surface area contributed by atoms with Crippen LogP contribution in [0.25, 0.3) is 10.9 Å². The molecule has 0 bridgehead atoms. The van der Waals surface area contributed by atoms with Gasteiger partial charge in [0.15, 0.2) is 18.1 Å². The molecule has 0 fully saturated rings. The van der Waals surface area contributed by atoms with E-state index in [1.54, 1.807) is 50.4 Å². The molecule has 1 aliphatic heterocycles. The lowest BCUT2D eigenvalue weighted by Crippen LogP contribution is -2.45. The van der Waals surface area contributed by atoms with Gasteiger partial charge in [0.05, 0.1) is 36.5 Å². The first-order chi connectivity index (χ1) is 23.1. The van der Waals surface area contributed by atoms with Crippen molar-refractivity contribution in [3.8, 4) is 11.5 Å². The standard InChI is InChI=1S/C34H34N6O8/c1-5-47-33(42)31-20(2)36-34(43)37-32(31)23-12-15-28(29(16-23)46-4)48-19-30(41)38-35-17-26-21(3)39(27-9-7-6-8-25(26)27)18-22-10-13-24(14-11-22)40(44)45/h6-17,32H,5,18-19H2,1-4H3,(H,38,41)(H2,36,37,43)/b35-17-/t32-/m1/s1. The van der Waals surface area contributed by atoms with Crippen molar-refractivity contribution < 1.29 is 33.5 Å². The van der Waals surface area contributed by atoms with E-state index in [2.05, 4.69) is 25.7 Å². The molecule has 1 aliphatic rings. The number of amides is 3. The Hall–Kier alpha value is -6.18. The number of hydrogen-bond acceptors (Lipinski definition) is 9. The summed E-state index contributed by atoms with van der Waals surface area (Å²) in [5.74, 6) is -0.523. The zero-order valence-corrected chi connectivity index (χ0v) is 26.7. The van der Waals surface area contributed by atoms with Crippen molar-refractivity contribution in [3.05, 3.63) is 110 Å². The molecule has 3 amide bonds. The maximum Gasteiger partial charge on any atom is 0.338 e. The number of nitrogens with zero attached hydrogens (tertiary/aromatic N) is 3. The highest BCUT2D eigenvalue weighted by atomic mass is 16.6. The van der Waals surface area contributed by atoms with Crippen LogP contribution < -0.4 is 25.5 Å². The first-order valence-corrected chi connectivity index (χ1v) is 15.0. The first kappa shape index (κ1) is 33.2. The number of aromatic nitrogens is 1. The summed E-state index contributed by atoms with van der Waals surface area (Å²) >= 11 is 0. The van der Waals surface area contributed by atoms with Gasteiger partial charge in [-0.1, -0.05) is 36.4 Å². The highest BCUT2D eigenvalue weighted by Gasteiger charge is 2.32. The van der Waals surface area contributed by atoms with Crippen molar-refractivity contribution in [3.63, 3.8) is 0 Å². The quantitative estimate of drug-likeness (QED) is 0.0857. The number of para-hydroxylation sites is 1. The molecule has 2 heterocycles. The fraction of sp³-hybridized carbons (Fsp3) is 0.235. The summed E-state index contributed by atoms with van der Waals surface area (Å²) < 4.78 is 18.5. The Labute approximate surface area is 275 Å². The van der Waals surface area contributed by atoms with Crippen LogP contribution in [0, 0.1) is 17.0 Å². The Morgan fingerprint density at radius 1 is 1.08 bits per heavy atom. The van der Waals surface area contributed by atoms with Crippen molar-refractivity contribution >= 4 is 40.7 Å². The van der Waals surface area contributed by atoms with Crippen molar-refractivity contribution in [2.75, 3.05) is 20.3 Å². The number of methoxy groups -OCH3 is 1. The first-order valence-electron chi connectivity index (χ1n) is 15.0. The number of hydrazone groups is 1. The molecule has 0 saturated carbocycles. The molecule has 48 heavy (non-hydrogen) atoms. The Kier molecular flexibility index (Phi) is 10.0. The van der Waals surface area contributed by atoms with Gasteiger partial charge >= 0.3 is 12.0 Å². The number of fused-ring (bicyclic) bond motifs is 1. The third-order valence-corrected chi connectivity index (χ3v) is 7.79. The fourth-order valence-corrected chi connectivity index (χ4v) is 5.48. The zero-order chi connectivity index (χ0) is 34.4. The lowest BCUT2D eigenvalue weighted by Gasteiger charge is -2.28. The molecule has 248 valence electrons. The van der Waals surface area contributed by atoms with Crippen LogP contribution in [-0.4, -0.2) is 53.9 Å². The zero-order valence-electron chi connectivity index (χ0n) is 26.7. The van der Waals surface area contributed by atoms with Crippen LogP contribution in [0.1, 0.15) is 42.3 Å². The fourth-order valence-electron chi connectivity index (χ4n) is 5.48. The second kappa shape index (κ2) is 14.5. The molecule has 0 radical (unpaired) electrons. The largest absolute Gasteiger partial charge is 0.493 e. The SMILES string of the molecule is CCOC(=O)C1=C(C)NC(=O)N[C@@H]1c1ccc(OCC(=O)N/N=C\c2c(C)n(Cc3ccc([N+](=O)[O-])cc3)c3ccccc23)c(OC)c1. The topological polar surface area (TPSA) is 175 Å². The third-order valence-electron chi connectivity index (χ3n) is 7.79. The summed E-state index contributed by atoms with van der Waals surface area (Å²) in [4.78, 5) is 48.2. The molecule has 3 aromatic carbocycles. The number of nitrogens with one attached hydrogen (secondary N) is 3.